The summed E-state index contributed by atoms with van der Waals surface area (Å²) in [6, 6.07) is 68.1. The van der Waals surface area contributed by atoms with Crippen LogP contribution < -0.4 is 0 Å². The first-order valence-electron chi connectivity index (χ1n) is 18.8. The van der Waals surface area contributed by atoms with Gasteiger partial charge in [-0.05, 0) is 47.5 Å². The molecule has 0 N–H and O–H groups in total. The summed E-state index contributed by atoms with van der Waals surface area (Å²) in [4.78, 5) is 16.6. The highest BCUT2D eigenvalue weighted by atomic mass is 32.1. The fourth-order valence-electron chi connectivity index (χ4n) is 7.97. The Morgan fingerprint density at radius 3 is 1.71 bits per heavy atom. The number of hydrogen-bond donors (Lipinski definition) is 0. The van der Waals surface area contributed by atoms with Crippen LogP contribution >= 0.6 is 11.3 Å². The number of aromatic nitrogens is 4. The maximum atomic E-state index is 5.37. The second kappa shape index (κ2) is 13.3. The average Bonchev–Trinajstić information content (AvgIpc) is 3.82. The monoisotopic (exact) mass is 732 g/mol. The van der Waals surface area contributed by atoms with E-state index < -0.39 is 0 Å². The number of fused-ring (bicyclic) bond motifs is 7. The van der Waals surface area contributed by atoms with E-state index in [4.69, 9.17) is 15.0 Å². The Bertz CT molecular complexity index is 3160. The first-order valence-corrected chi connectivity index (χ1v) is 19.6. The van der Waals surface area contributed by atoms with Gasteiger partial charge in [0.1, 0.15) is 4.83 Å². The Kier molecular flexibility index (Phi) is 7.64. The molecule has 0 saturated heterocycles. The summed E-state index contributed by atoms with van der Waals surface area (Å²) >= 11 is 1.83. The molecule has 4 aromatic heterocycles. The highest BCUT2D eigenvalue weighted by Gasteiger charge is 2.22. The van der Waals surface area contributed by atoms with E-state index in [0.29, 0.717) is 5.82 Å². The van der Waals surface area contributed by atoms with Crippen LogP contribution in [0.5, 0.6) is 0 Å². The normalized spacial score (nSPS) is 11.6. The third-order valence-corrected chi connectivity index (χ3v) is 11.8. The standard InChI is InChI=1S/C51H32N4S/c1-4-15-34(16-5-1)43-32-44(54-50(53-43)36-17-6-2-7-18-36)35-29-27-33(28-30-35)37-19-14-20-38(31-37)48-49-46(40-23-10-12-25-42(40)52-48)47-41-24-11-13-26-45(41)55(51(47)56-49)39-21-8-3-9-22-39/h1-32H. The maximum absolute atomic E-state index is 5.37. The Morgan fingerprint density at radius 2 is 0.964 bits per heavy atom. The van der Waals surface area contributed by atoms with E-state index in [1.807, 2.05) is 47.7 Å². The van der Waals surface area contributed by atoms with Crippen molar-refractivity contribution in [3.05, 3.63) is 194 Å². The van der Waals surface area contributed by atoms with E-state index in [1.54, 1.807) is 0 Å². The predicted molar refractivity (Wildman–Crippen MR) is 234 cm³/mol. The number of rotatable bonds is 6. The van der Waals surface area contributed by atoms with E-state index >= 15 is 0 Å². The molecule has 4 nitrogen and oxygen atoms in total. The van der Waals surface area contributed by atoms with Crippen LogP contribution in [0.25, 0.3) is 104 Å². The van der Waals surface area contributed by atoms with E-state index in [-0.39, 0.29) is 0 Å². The highest BCUT2D eigenvalue weighted by Crippen LogP contribution is 2.47. The molecular formula is C51H32N4S. The number of para-hydroxylation sites is 3. The summed E-state index contributed by atoms with van der Waals surface area (Å²) in [7, 11) is 0. The van der Waals surface area contributed by atoms with Crippen LogP contribution in [-0.4, -0.2) is 19.5 Å². The summed E-state index contributed by atoms with van der Waals surface area (Å²) in [5.41, 5.74) is 12.6. The topological polar surface area (TPSA) is 43.6 Å². The molecule has 0 fully saturated rings. The summed E-state index contributed by atoms with van der Waals surface area (Å²) in [5, 5.41) is 4.98. The van der Waals surface area contributed by atoms with Crippen LogP contribution in [0, 0.1) is 0 Å². The molecular weight excluding hydrogens is 701 g/mol. The number of benzene rings is 7. The van der Waals surface area contributed by atoms with Gasteiger partial charge in [0.25, 0.3) is 0 Å². The smallest absolute Gasteiger partial charge is 0.160 e. The third kappa shape index (κ3) is 5.40. The quantitative estimate of drug-likeness (QED) is 0.171. The average molecular weight is 733 g/mol. The zero-order chi connectivity index (χ0) is 37.0. The molecule has 5 heteroatoms. The van der Waals surface area contributed by atoms with Crippen molar-refractivity contribution in [1.82, 2.24) is 19.5 Å². The molecule has 56 heavy (non-hydrogen) atoms. The van der Waals surface area contributed by atoms with Gasteiger partial charge >= 0.3 is 0 Å². The molecule has 0 aliphatic carbocycles. The van der Waals surface area contributed by atoms with Crippen molar-refractivity contribution in [2.75, 3.05) is 0 Å². The molecule has 262 valence electrons. The van der Waals surface area contributed by atoms with Crippen molar-refractivity contribution >= 4 is 53.4 Å². The van der Waals surface area contributed by atoms with Gasteiger partial charge in [-0.15, -0.1) is 11.3 Å². The fraction of sp³-hybridized carbons (Fsp3) is 0. The van der Waals surface area contributed by atoms with Crippen molar-refractivity contribution < 1.29 is 0 Å². The van der Waals surface area contributed by atoms with Gasteiger partial charge in [0, 0.05) is 49.5 Å². The summed E-state index contributed by atoms with van der Waals surface area (Å²) < 4.78 is 3.61. The minimum absolute atomic E-state index is 0.711. The van der Waals surface area contributed by atoms with E-state index in [1.165, 1.54) is 36.6 Å². The minimum Gasteiger partial charge on any atom is -0.301 e. The maximum Gasteiger partial charge on any atom is 0.160 e. The second-order valence-electron chi connectivity index (χ2n) is 14.0. The van der Waals surface area contributed by atoms with Gasteiger partial charge in [-0.1, -0.05) is 158 Å². The van der Waals surface area contributed by atoms with Crippen LogP contribution in [-0.2, 0) is 0 Å². The molecule has 7 aromatic carbocycles. The Labute approximate surface area is 327 Å². The molecule has 0 spiro atoms. The van der Waals surface area contributed by atoms with Gasteiger partial charge < -0.3 is 4.57 Å². The molecule has 0 saturated carbocycles. The number of pyridine rings is 1. The number of thiophene rings is 1. The molecule has 11 aromatic rings. The lowest BCUT2D eigenvalue weighted by atomic mass is 9.98. The lowest BCUT2D eigenvalue weighted by Crippen LogP contribution is -1.95. The van der Waals surface area contributed by atoms with Crippen LogP contribution in [0.2, 0.25) is 0 Å². The minimum atomic E-state index is 0.711. The summed E-state index contributed by atoms with van der Waals surface area (Å²) in [6.45, 7) is 0. The Balaban J connectivity index is 1.04. The fourth-order valence-corrected chi connectivity index (χ4v) is 9.35. The van der Waals surface area contributed by atoms with Gasteiger partial charge in [0.15, 0.2) is 5.82 Å². The van der Waals surface area contributed by atoms with Crippen LogP contribution in [0.15, 0.2) is 194 Å². The van der Waals surface area contributed by atoms with Gasteiger partial charge in [0.2, 0.25) is 0 Å². The van der Waals surface area contributed by atoms with Crippen LogP contribution in [0.1, 0.15) is 0 Å². The molecule has 0 radical (unpaired) electrons. The highest BCUT2D eigenvalue weighted by molar-refractivity contribution is 7.26. The molecule has 0 amide bonds. The molecule has 0 unspecified atom stereocenters. The van der Waals surface area contributed by atoms with Crippen molar-refractivity contribution in [3.8, 4) is 62.0 Å². The van der Waals surface area contributed by atoms with Gasteiger partial charge in [-0.3, -0.25) is 0 Å². The SMILES string of the molecule is c1ccc(-c2cc(-c3ccc(-c4cccc(-c5nc6ccccc6c6c5sc5c6c6ccccc6n5-c5ccccc5)c4)cc3)nc(-c3ccccc3)n2)cc1. The summed E-state index contributed by atoms with van der Waals surface area (Å²) in [6.07, 6.45) is 0. The van der Waals surface area contributed by atoms with E-state index in [0.717, 1.165) is 61.7 Å². The predicted octanol–water partition coefficient (Wildman–Crippen LogP) is 13.7. The summed E-state index contributed by atoms with van der Waals surface area (Å²) in [5.74, 6) is 0.711. The Morgan fingerprint density at radius 1 is 0.393 bits per heavy atom. The zero-order valence-corrected chi connectivity index (χ0v) is 31.0. The second-order valence-corrected chi connectivity index (χ2v) is 15.0. The van der Waals surface area contributed by atoms with Crippen molar-refractivity contribution in [3.63, 3.8) is 0 Å². The Hall–Kier alpha value is -7.21. The molecule has 0 bridgehead atoms. The van der Waals surface area contributed by atoms with Crippen LogP contribution in [0.4, 0.5) is 0 Å². The van der Waals surface area contributed by atoms with Gasteiger partial charge in [-0.25, -0.2) is 15.0 Å². The molecule has 11 rings (SSSR count). The van der Waals surface area contributed by atoms with Crippen molar-refractivity contribution in [2.24, 2.45) is 0 Å². The van der Waals surface area contributed by atoms with E-state index in [2.05, 4.69) is 162 Å². The lowest BCUT2D eigenvalue weighted by molar-refractivity contribution is 1.18. The lowest BCUT2D eigenvalue weighted by Gasteiger charge is -2.11. The first kappa shape index (κ1) is 32.2. The molecule has 0 aliphatic rings. The third-order valence-electron chi connectivity index (χ3n) is 10.6. The molecule has 0 atom stereocenters. The largest absolute Gasteiger partial charge is 0.301 e. The van der Waals surface area contributed by atoms with E-state index in [9.17, 15) is 0 Å². The number of nitrogens with zero attached hydrogens (tertiary/aromatic N) is 4. The van der Waals surface area contributed by atoms with Crippen molar-refractivity contribution in [2.45, 2.75) is 0 Å². The zero-order valence-electron chi connectivity index (χ0n) is 30.2. The molecule has 4 heterocycles. The van der Waals surface area contributed by atoms with Crippen LogP contribution in [0.3, 0.4) is 0 Å². The van der Waals surface area contributed by atoms with Gasteiger partial charge in [-0.2, -0.15) is 0 Å². The van der Waals surface area contributed by atoms with Gasteiger partial charge in [0.05, 0.1) is 32.8 Å². The molecule has 0 aliphatic heterocycles. The number of hydrogen-bond acceptors (Lipinski definition) is 4. The van der Waals surface area contributed by atoms with Crippen molar-refractivity contribution in [1.29, 1.82) is 0 Å². The first-order chi connectivity index (χ1) is 27.8.